The number of nitrogens with zero attached hydrogens (tertiary/aromatic N) is 5. The third kappa shape index (κ3) is 3.50. The molecule has 29 heavy (non-hydrogen) atoms. The average Bonchev–Trinajstić information content (AvgIpc) is 3.42. The molecule has 0 saturated carbocycles. The van der Waals surface area contributed by atoms with E-state index in [1.165, 1.54) is 0 Å². The highest BCUT2D eigenvalue weighted by Crippen LogP contribution is 2.30. The van der Waals surface area contributed by atoms with E-state index in [0.29, 0.717) is 37.2 Å². The van der Waals surface area contributed by atoms with E-state index >= 15 is 0 Å². The summed E-state index contributed by atoms with van der Waals surface area (Å²) < 4.78 is 18.9. The van der Waals surface area contributed by atoms with Gasteiger partial charge in [-0.2, -0.15) is 10.1 Å². The summed E-state index contributed by atoms with van der Waals surface area (Å²) in [6.07, 6.45) is 3.33. The first-order valence-electron chi connectivity index (χ1n) is 9.45. The Kier molecular flexibility index (Phi) is 4.53. The lowest BCUT2D eigenvalue weighted by Crippen LogP contribution is -2.21. The Bertz CT molecular complexity index is 1110. The molecule has 0 N–H and O–H groups in total. The van der Waals surface area contributed by atoms with Gasteiger partial charge in [0.2, 0.25) is 5.82 Å². The lowest BCUT2D eigenvalue weighted by atomic mass is 10.1. The Balaban J connectivity index is 1.35. The van der Waals surface area contributed by atoms with E-state index in [1.807, 2.05) is 54.1 Å². The van der Waals surface area contributed by atoms with Gasteiger partial charge in [0.15, 0.2) is 5.69 Å². The third-order valence-corrected chi connectivity index (χ3v) is 4.76. The number of pyridine rings is 1. The predicted molar refractivity (Wildman–Crippen MR) is 104 cm³/mol. The first-order chi connectivity index (χ1) is 14.3. The van der Waals surface area contributed by atoms with Gasteiger partial charge in [-0.05, 0) is 42.8 Å². The Hall–Kier alpha value is -3.52. The molecule has 0 fully saturated rings. The van der Waals surface area contributed by atoms with Crippen molar-refractivity contribution in [3.63, 3.8) is 0 Å². The standard InChI is InChI=1S/C21H19N5O3/c1-2-27-17-7-5-14(6-8-17)19-12-26-16(13-28-19)10-18(24-26)21-23-20(25-29-21)15-4-3-9-22-11-15/h3-11,19H,2,12-13H2,1H3/t19-/m0/s1. The third-order valence-electron chi connectivity index (χ3n) is 4.76. The number of ether oxygens (including phenoxy) is 2. The fourth-order valence-corrected chi connectivity index (χ4v) is 3.32. The number of fused-ring (bicyclic) bond motifs is 1. The molecule has 8 heteroatoms. The van der Waals surface area contributed by atoms with Crippen LogP contribution in [0.4, 0.5) is 0 Å². The maximum Gasteiger partial charge on any atom is 0.278 e. The summed E-state index contributed by atoms with van der Waals surface area (Å²) in [6, 6.07) is 13.6. The Morgan fingerprint density at radius 2 is 2.10 bits per heavy atom. The van der Waals surface area contributed by atoms with Crippen molar-refractivity contribution in [1.82, 2.24) is 24.9 Å². The highest BCUT2D eigenvalue weighted by Gasteiger charge is 2.24. The van der Waals surface area contributed by atoms with E-state index in [2.05, 4.69) is 20.2 Å². The molecule has 146 valence electrons. The van der Waals surface area contributed by atoms with Gasteiger partial charge >= 0.3 is 0 Å². The number of hydrogen-bond donors (Lipinski definition) is 0. The van der Waals surface area contributed by atoms with Crippen LogP contribution >= 0.6 is 0 Å². The minimum Gasteiger partial charge on any atom is -0.494 e. The second kappa shape index (κ2) is 7.48. The van der Waals surface area contributed by atoms with Gasteiger partial charge in [0.1, 0.15) is 11.9 Å². The molecule has 5 rings (SSSR count). The van der Waals surface area contributed by atoms with Gasteiger partial charge in [-0.3, -0.25) is 9.67 Å². The van der Waals surface area contributed by atoms with Crippen molar-refractivity contribution in [3.8, 4) is 28.7 Å². The van der Waals surface area contributed by atoms with Crippen LogP contribution in [-0.2, 0) is 17.9 Å². The van der Waals surface area contributed by atoms with E-state index in [1.54, 1.807) is 12.4 Å². The molecule has 0 saturated heterocycles. The second-order valence-corrected chi connectivity index (χ2v) is 6.67. The summed E-state index contributed by atoms with van der Waals surface area (Å²) >= 11 is 0. The van der Waals surface area contributed by atoms with Crippen LogP contribution < -0.4 is 4.74 Å². The molecule has 1 aliphatic heterocycles. The fraction of sp³-hybridized carbons (Fsp3) is 0.238. The van der Waals surface area contributed by atoms with E-state index in [-0.39, 0.29) is 6.10 Å². The summed E-state index contributed by atoms with van der Waals surface area (Å²) in [5.74, 6) is 1.72. The zero-order valence-electron chi connectivity index (χ0n) is 15.9. The van der Waals surface area contributed by atoms with Gasteiger partial charge in [-0.1, -0.05) is 17.3 Å². The maximum absolute atomic E-state index is 6.04. The van der Waals surface area contributed by atoms with Crippen LogP contribution in [0.3, 0.4) is 0 Å². The van der Waals surface area contributed by atoms with Crippen LogP contribution in [0.2, 0.25) is 0 Å². The molecule has 0 spiro atoms. The van der Waals surface area contributed by atoms with Crippen molar-refractivity contribution in [3.05, 3.63) is 66.1 Å². The molecule has 0 aliphatic carbocycles. The zero-order valence-corrected chi connectivity index (χ0v) is 15.9. The molecule has 0 radical (unpaired) electrons. The summed E-state index contributed by atoms with van der Waals surface area (Å²) in [6.45, 7) is 3.70. The van der Waals surface area contributed by atoms with Crippen LogP contribution in [0.1, 0.15) is 24.3 Å². The van der Waals surface area contributed by atoms with Crippen LogP contribution in [0.15, 0.2) is 59.4 Å². The summed E-state index contributed by atoms with van der Waals surface area (Å²) in [5, 5.41) is 8.69. The molecule has 8 nitrogen and oxygen atoms in total. The minimum atomic E-state index is -0.0698. The quantitative estimate of drug-likeness (QED) is 0.515. The van der Waals surface area contributed by atoms with Crippen molar-refractivity contribution in [1.29, 1.82) is 0 Å². The summed E-state index contributed by atoms with van der Waals surface area (Å²) in [5.41, 5.74) is 3.50. The molecule has 0 amide bonds. The predicted octanol–water partition coefficient (Wildman–Crippen LogP) is 3.67. The Morgan fingerprint density at radius 1 is 1.21 bits per heavy atom. The van der Waals surface area contributed by atoms with Crippen LogP contribution in [0.5, 0.6) is 5.75 Å². The molecule has 1 aliphatic rings. The summed E-state index contributed by atoms with van der Waals surface area (Å²) in [7, 11) is 0. The number of rotatable bonds is 5. The van der Waals surface area contributed by atoms with Crippen LogP contribution in [0.25, 0.3) is 23.0 Å². The highest BCUT2D eigenvalue weighted by molar-refractivity contribution is 5.56. The van der Waals surface area contributed by atoms with E-state index < -0.39 is 0 Å². The average molecular weight is 389 g/mol. The van der Waals surface area contributed by atoms with Gasteiger partial charge in [-0.25, -0.2) is 0 Å². The SMILES string of the molecule is CCOc1ccc([C@@H]2Cn3nc(-c4nc(-c5cccnc5)no4)cc3CO2)cc1. The molecular weight excluding hydrogens is 370 g/mol. The van der Waals surface area contributed by atoms with Crippen molar-refractivity contribution in [2.75, 3.05) is 6.61 Å². The fourth-order valence-electron chi connectivity index (χ4n) is 3.32. The Labute approximate surface area is 167 Å². The molecule has 1 atom stereocenters. The first kappa shape index (κ1) is 17.6. The van der Waals surface area contributed by atoms with E-state index in [4.69, 9.17) is 14.0 Å². The van der Waals surface area contributed by atoms with Gasteiger partial charge in [0.25, 0.3) is 5.89 Å². The lowest BCUT2D eigenvalue weighted by molar-refractivity contribution is -0.00115. The number of aromatic nitrogens is 5. The molecule has 4 aromatic rings. The highest BCUT2D eigenvalue weighted by atomic mass is 16.5. The zero-order chi connectivity index (χ0) is 19.6. The monoisotopic (exact) mass is 389 g/mol. The molecule has 3 aromatic heterocycles. The summed E-state index contributed by atoms with van der Waals surface area (Å²) in [4.78, 5) is 8.53. The van der Waals surface area contributed by atoms with Gasteiger partial charge in [-0.15, -0.1) is 0 Å². The lowest BCUT2D eigenvalue weighted by Gasteiger charge is -2.24. The van der Waals surface area contributed by atoms with Crippen molar-refractivity contribution in [2.45, 2.75) is 26.2 Å². The second-order valence-electron chi connectivity index (χ2n) is 6.67. The van der Waals surface area contributed by atoms with Crippen LogP contribution in [0, 0.1) is 0 Å². The molecule has 0 bridgehead atoms. The first-order valence-corrected chi connectivity index (χ1v) is 9.45. The van der Waals surface area contributed by atoms with Gasteiger partial charge in [0, 0.05) is 18.0 Å². The van der Waals surface area contributed by atoms with E-state index in [9.17, 15) is 0 Å². The number of benzene rings is 1. The molecule has 0 unspecified atom stereocenters. The van der Waals surface area contributed by atoms with Gasteiger partial charge < -0.3 is 14.0 Å². The molecule has 4 heterocycles. The molecule has 1 aromatic carbocycles. The van der Waals surface area contributed by atoms with Crippen molar-refractivity contribution >= 4 is 0 Å². The normalized spacial score (nSPS) is 15.8. The van der Waals surface area contributed by atoms with Crippen LogP contribution in [-0.4, -0.2) is 31.5 Å². The van der Waals surface area contributed by atoms with Gasteiger partial charge in [0.05, 0.1) is 25.5 Å². The minimum absolute atomic E-state index is 0.0698. The van der Waals surface area contributed by atoms with Crippen molar-refractivity contribution in [2.24, 2.45) is 0 Å². The molecular formula is C21H19N5O3. The topological polar surface area (TPSA) is 88.1 Å². The smallest absolute Gasteiger partial charge is 0.278 e. The Morgan fingerprint density at radius 3 is 2.90 bits per heavy atom. The maximum atomic E-state index is 6.04. The van der Waals surface area contributed by atoms with E-state index in [0.717, 1.165) is 22.6 Å². The largest absolute Gasteiger partial charge is 0.494 e. The van der Waals surface area contributed by atoms with Crippen molar-refractivity contribution < 1.29 is 14.0 Å². The number of hydrogen-bond acceptors (Lipinski definition) is 7.